The highest BCUT2D eigenvalue weighted by atomic mass is 35.5. The van der Waals surface area contributed by atoms with E-state index in [-0.39, 0.29) is 0 Å². The van der Waals surface area contributed by atoms with E-state index in [9.17, 15) is 4.79 Å². The van der Waals surface area contributed by atoms with Crippen molar-refractivity contribution in [2.24, 2.45) is 0 Å². The van der Waals surface area contributed by atoms with E-state index in [1.54, 1.807) is 6.07 Å². The molecule has 122 valence electrons. The number of thioether (sulfide) groups is 1. The molecule has 1 aliphatic rings. The first-order chi connectivity index (χ1) is 10.5. The average Bonchev–Trinajstić information content (AvgIpc) is 2.50. The molecule has 0 aliphatic carbocycles. The Morgan fingerprint density at radius 2 is 2.18 bits per heavy atom. The summed E-state index contributed by atoms with van der Waals surface area (Å²) in [6, 6.07) is 6.19. The quantitative estimate of drug-likeness (QED) is 0.856. The minimum atomic E-state index is -1.00. The number of ether oxygens (including phenoxy) is 1. The molecule has 1 N–H and O–H groups in total. The van der Waals surface area contributed by atoms with Crippen LogP contribution in [-0.2, 0) is 11.3 Å². The molecule has 2 rings (SSSR count). The predicted molar refractivity (Wildman–Crippen MR) is 91.0 cm³/mol. The van der Waals surface area contributed by atoms with E-state index >= 15 is 0 Å². The van der Waals surface area contributed by atoms with Crippen LogP contribution in [0.1, 0.15) is 25.3 Å². The van der Waals surface area contributed by atoms with Crippen LogP contribution in [-0.4, -0.2) is 46.7 Å². The monoisotopic (exact) mass is 343 g/mol. The zero-order chi connectivity index (χ0) is 16.1. The van der Waals surface area contributed by atoms with Gasteiger partial charge in [-0.05, 0) is 56.0 Å². The van der Waals surface area contributed by atoms with Crippen LogP contribution in [0, 0.1) is 0 Å². The molecule has 0 unspecified atom stereocenters. The van der Waals surface area contributed by atoms with E-state index in [4.69, 9.17) is 21.4 Å². The van der Waals surface area contributed by atoms with Gasteiger partial charge in [0.15, 0.2) is 6.10 Å². The molecule has 0 bridgehead atoms. The van der Waals surface area contributed by atoms with Gasteiger partial charge < -0.3 is 9.84 Å². The number of rotatable bonds is 6. The van der Waals surface area contributed by atoms with Crippen molar-refractivity contribution in [3.8, 4) is 5.75 Å². The smallest absolute Gasteiger partial charge is 0.344 e. The molecule has 1 aromatic carbocycles. The molecule has 1 atom stereocenters. The molecule has 0 amide bonds. The SMILES string of the molecule is C[C@@H](Oc1ccc(CN(C)C2CCSCC2)cc1Cl)C(=O)O. The molecule has 1 aliphatic heterocycles. The molecule has 1 heterocycles. The second-order valence-corrected chi connectivity index (χ2v) is 7.25. The van der Waals surface area contributed by atoms with Crippen molar-refractivity contribution in [2.45, 2.75) is 38.5 Å². The van der Waals surface area contributed by atoms with Crippen LogP contribution in [0.2, 0.25) is 5.02 Å². The van der Waals surface area contributed by atoms with Gasteiger partial charge >= 0.3 is 5.97 Å². The molecule has 22 heavy (non-hydrogen) atoms. The molecule has 4 nitrogen and oxygen atoms in total. The van der Waals surface area contributed by atoms with E-state index in [2.05, 4.69) is 11.9 Å². The van der Waals surface area contributed by atoms with Crippen LogP contribution in [0.15, 0.2) is 18.2 Å². The molecular weight excluding hydrogens is 322 g/mol. The fourth-order valence-corrected chi connectivity index (χ4v) is 3.85. The normalized spacial score (nSPS) is 17.5. The number of hydrogen-bond acceptors (Lipinski definition) is 4. The number of carboxylic acids is 1. The van der Waals surface area contributed by atoms with Crippen molar-refractivity contribution in [3.05, 3.63) is 28.8 Å². The van der Waals surface area contributed by atoms with Gasteiger partial charge in [0.25, 0.3) is 0 Å². The average molecular weight is 344 g/mol. The van der Waals surface area contributed by atoms with Gasteiger partial charge in [0.05, 0.1) is 5.02 Å². The summed E-state index contributed by atoms with van der Waals surface area (Å²) in [4.78, 5) is 13.2. The van der Waals surface area contributed by atoms with Gasteiger partial charge in [-0.3, -0.25) is 4.90 Å². The summed E-state index contributed by atoms with van der Waals surface area (Å²) >= 11 is 8.23. The molecular formula is C16H22ClNO3S. The zero-order valence-corrected chi connectivity index (χ0v) is 14.5. The Morgan fingerprint density at radius 3 is 2.77 bits per heavy atom. The number of halogens is 1. The highest BCUT2D eigenvalue weighted by Crippen LogP contribution is 2.28. The highest BCUT2D eigenvalue weighted by Gasteiger charge is 2.19. The molecule has 1 aromatic rings. The molecule has 0 radical (unpaired) electrons. The third-order valence-electron chi connectivity index (χ3n) is 3.89. The number of hydrogen-bond donors (Lipinski definition) is 1. The van der Waals surface area contributed by atoms with Crippen LogP contribution >= 0.6 is 23.4 Å². The number of carbonyl (C=O) groups is 1. The summed E-state index contributed by atoms with van der Waals surface area (Å²) in [7, 11) is 2.14. The molecule has 0 saturated carbocycles. The number of benzene rings is 1. The lowest BCUT2D eigenvalue weighted by molar-refractivity contribution is -0.144. The van der Waals surface area contributed by atoms with Gasteiger partial charge in [-0.25, -0.2) is 4.79 Å². The van der Waals surface area contributed by atoms with Crippen LogP contribution < -0.4 is 4.74 Å². The van der Waals surface area contributed by atoms with E-state index in [1.807, 2.05) is 23.9 Å². The van der Waals surface area contributed by atoms with Crippen molar-refractivity contribution < 1.29 is 14.6 Å². The van der Waals surface area contributed by atoms with Gasteiger partial charge in [-0.15, -0.1) is 0 Å². The minimum Gasteiger partial charge on any atom is -0.479 e. The Labute approximate surface area is 140 Å². The van der Waals surface area contributed by atoms with Crippen molar-refractivity contribution in [3.63, 3.8) is 0 Å². The summed E-state index contributed by atoms with van der Waals surface area (Å²) in [5, 5.41) is 9.33. The van der Waals surface area contributed by atoms with Gasteiger partial charge in [-0.1, -0.05) is 17.7 Å². The second-order valence-electron chi connectivity index (χ2n) is 5.62. The van der Waals surface area contributed by atoms with Crippen molar-refractivity contribution in [2.75, 3.05) is 18.6 Å². The lowest BCUT2D eigenvalue weighted by Gasteiger charge is -2.31. The Kier molecular flexibility index (Phi) is 6.41. The maximum Gasteiger partial charge on any atom is 0.344 e. The molecule has 0 aromatic heterocycles. The largest absolute Gasteiger partial charge is 0.479 e. The van der Waals surface area contributed by atoms with Gasteiger partial charge in [0, 0.05) is 12.6 Å². The fraction of sp³-hybridized carbons (Fsp3) is 0.562. The van der Waals surface area contributed by atoms with Gasteiger partial charge in [0.2, 0.25) is 0 Å². The molecule has 0 spiro atoms. The number of carboxylic acid groups (broad SMARTS) is 1. The maximum absolute atomic E-state index is 10.8. The second kappa shape index (κ2) is 8.09. The number of aliphatic carboxylic acids is 1. The van der Waals surface area contributed by atoms with Crippen molar-refractivity contribution in [1.82, 2.24) is 4.90 Å². The summed E-state index contributed by atoms with van der Waals surface area (Å²) in [5.74, 6) is 1.87. The summed E-state index contributed by atoms with van der Waals surface area (Å²) in [6.07, 6.45) is 1.55. The van der Waals surface area contributed by atoms with E-state index in [0.717, 1.165) is 12.1 Å². The van der Waals surface area contributed by atoms with Gasteiger partial charge in [0.1, 0.15) is 5.75 Å². The highest BCUT2D eigenvalue weighted by molar-refractivity contribution is 7.99. The third-order valence-corrected chi connectivity index (χ3v) is 5.24. The first-order valence-corrected chi connectivity index (χ1v) is 8.96. The third kappa shape index (κ3) is 4.80. The van der Waals surface area contributed by atoms with Crippen LogP contribution in [0.25, 0.3) is 0 Å². The minimum absolute atomic E-state index is 0.414. The zero-order valence-electron chi connectivity index (χ0n) is 12.9. The Morgan fingerprint density at radius 1 is 1.50 bits per heavy atom. The van der Waals surface area contributed by atoms with E-state index < -0.39 is 12.1 Å². The maximum atomic E-state index is 10.8. The first kappa shape index (κ1) is 17.4. The predicted octanol–water partition coefficient (Wildman–Crippen LogP) is 3.52. The Bertz CT molecular complexity index is 520. The topological polar surface area (TPSA) is 49.8 Å². The van der Waals surface area contributed by atoms with Crippen molar-refractivity contribution >= 4 is 29.3 Å². The van der Waals surface area contributed by atoms with Crippen LogP contribution in [0.5, 0.6) is 5.75 Å². The van der Waals surface area contributed by atoms with Crippen LogP contribution in [0.4, 0.5) is 0 Å². The molecule has 1 saturated heterocycles. The standard InChI is InChI=1S/C16H22ClNO3S/c1-11(16(19)20)21-15-4-3-12(9-14(15)17)10-18(2)13-5-7-22-8-6-13/h3-4,9,11,13H,5-8,10H2,1-2H3,(H,19,20)/t11-/m1/s1. The van der Waals surface area contributed by atoms with E-state index in [0.29, 0.717) is 16.8 Å². The van der Waals surface area contributed by atoms with Crippen molar-refractivity contribution in [1.29, 1.82) is 0 Å². The molecule has 1 fully saturated rings. The van der Waals surface area contributed by atoms with E-state index in [1.165, 1.54) is 31.3 Å². The summed E-state index contributed by atoms with van der Waals surface area (Å²) in [6.45, 7) is 2.32. The fourth-order valence-electron chi connectivity index (χ4n) is 2.52. The van der Waals surface area contributed by atoms with Gasteiger partial charge in [-0.2, -0.15) is 11.8 Å². The Hall–Kier alpha value is -0.910. The first-order valence-electron chi connectivity index (χ1n) is 7.43. The summed E-state index contributed by atoms with van der Waals surface area (Å²) < 4.78 is 5.33. The molecule has 6 heteroatoms. The Balaban J connectivity index is 1.97. The summed E-state index contributed by atoms with van der Waals surface area (Å²) in [5.41, 5.74) is 1.11. The number of nitrogens with zero attached hydrogens (tertiary/aromatic N) is 1. The lowest BCUT2D eigenvalue weighted by Crippen LogP contribution is -2.34. The lowest BCUT2D eigenvalue weighted by atomic mass is 10.1. The van der Waals surface area contributed by atoms with Crippen LogP contribution in [0.3, 0.4) is 0 Å².